The van der Waals surface area contributed by atoms with Gasteiger partial charge >= 0.3 is 5.97 Å². The van der Waals surface area contributed by atoms with Crippen molar-refractivity contribution in [2.45, 2.75) is 31.3 Å². The highest BCUT2D eigenvalue weighted by Crippen LogP contribution is 2.45. The number of carboxylic acid groups (broad SMARTS) is 1. The molecule has 1 aromatic carbocycles. The fraction of sp³-hybridized carbons (Fsp3) is 0.429. The van der Waals surface area contributed by atoms with Crippen LogP contribution in [0.1, 0.15) is 30.9 Å². The van der Waals surface area contributed by atoms with Crippen molar-refractivity contribution < 1.29 is 19.1 Å². The third-order valence-electron chi connectivity index (χ3n) is 3.85. The lowest BCUT2D eigenvalue weighted by Gasteiger charge is -2.27. The molecule has 2 atom stereocenters. The van der Waals surface area contributed by atoms with Crippen molar-refractivity contribution in [3.8, 4) is 0 Å². The van der Waals surface area contributed by atoms with Gasteiger partial charge in [0.15, 0.2) is 0 Å². The van der Waals surface area contributed by atoms with Crippen molar-refractivity contribution in [1.82, 2.24) is 4.90 Å². The zero-order valence-corrected chi connectivity index (χ0v) is 11.3. The van der Waals surface area contributed by atoms with Crippen LogP contribution in [0.2, 0.25) is 5.02 Å². The quantitative estimate of drug-likeness (QED) is 0.933. The van der Waals surface area contributed by atoms with Gasteiger partial charge in [0.1, 0.15) is 5.82 Å². The van der Waals surface area contributed by atoms with Crippen molar-refractivity contribution in [3.63, 3.8) is 0 Å². The summed E-state index contributed by atoms with van der Waals surface area (Å²) in [6, 6.07) is 3.43. The first-order chi connectivity index (χ1) is 9.47. The minimum Gasteiger partial charge on any atom is -0.481 e. The van der Waals surface area contributed by atoms with Crippen LogP contribution in [0.25, 0.3) is 0 Å². The van der Waals surface area contributed by atoms with Gasteiger partial charge in [0.25, 0.3) is 0 Å². The van der Waals surface area contributed by atoms with Crippen molar-refractivity contribution in [2.24, 2.45) is 5.92 Å². The van der Waals surface area contributed by atoms with E-state index in [0.717, 1.165) is 12.8 Å². The number of amides is 1. The maximum atomic E-state index is 13.5. The highest BCUT2D eigenvalue weighted by atomic mass is 35.5. The van der Waals surface area contributed by atoms with Crippen LogP contribution in [0.4, 0.5) is 4.39 Å². The van der Waals surface area contributed by atoms with Gasteiger partial charge in [0, 0.05) is 17.5 Å². The monoisotopic (exact) mass is 297 g/mol. The Balaban J connectivity index is 2.04. The lowest BCUT2D eigenvalue weighted by Crippen LogP contribution is -2.32. The number of likely N-dealkylation sites (tertiary alicyclic amines) is 1. The largest absolute Gasteiger partial charge is 0.481 e. The van der Waals surface area contributed by atoms with Crippen LogP contribution in [0, 0.1) is 11.7 Å². The Labute approximate surface area is 120 Å². The lowest BCUT2D eigenvalue weighted by atomic mass is 9.93. The number of carbonyl (C=O) groups excluding carboxylic acids is 1. The first-order valence-electron chi connectivity index (χ1n) is 6.47. The van der Waals surface area contributed by atoms with E-state index in [-0.39, 0.29) is 23.4 Å². The van der Waals surface area contributed by atoms with Crippen LogP contribution in [-0.4, -0.2) is 27.9 Å². The summed E-state index contributed by atoms with van der Waals surface area (Å²) >= 11 is 5.84. The summed E-state index contributed by atoms with van der Waals surface area (Å²) in [5.74, 6) is -2.58. The molecule has 0 spiro atoms. The van der Waals surface area contributed by atoms with Gasteiger partial charge in [-0.25, -0.2) is 4.39 Å². The standard InChI is InChI=1S/C14H13ClFNO3/c15-8-3-7(4-9(16)5-8)13-11(14(19)20)6-12(18)17(13)10-1-2-10/h3-5,10-11,13H,1-2,6H2,(H,19,20). The predicted molar refractivity (Wildman–Crippen MR) is 69.8 cm³/mol. The summed E-state index contributed by atoms with van der Waals surface area (Å²) < 4.78 is 13.5. The zero-order valence-electron chi connectivity index (χ0n) is 10.6. The van der Waals surface area contributed by atoms with Crippen LogP contribution in [0.3, 0.4) is 0 Å². The molecular formula is C14H13ClFNO3. The SMILES string of the molecule is O=C(O)C1CC(=O)N(C2CC2)C1c1cc(F)cc(Cl)c1. The molecule has 1 aromatic rings. The third kappa shape index (κ3) is 2.26. The van der Waals surface area contributed by atoms with E-state index in [4.69, 9.17) is 11.6 Å². The third-order valence-corrected chi connectivity index (χ3v) is 4.07. The number of benzene rings is 1. The smallest absolute Gasteiger partial charge is 0.309 e. The van der Waals surface area contributed by atoms with Crippen LogP contribution < -0.4 is 0 Å². The van der Waals surface area contributed by atoms with E-state index >= 15 is 0 Å². The minimum atomic E-state index is -1.04. The average Bonchev–Trinajstić information content (AvgIpc) is 3.11. The molecule has 1 N–H and O–H groups in total. The number of carbonyl (C=O) groups is 2. The summed E-state index contributed by atoms with van der Waals surface area (Å²) in [7, 11) is 0. The molecular weight excluding hydrogens is 285 g/mol. The molecule has 106 valence electrons. The molecule has 6 heteroatoms. The Hall–Kier alpha value is -1.62. The highest BCUT2D eigenvalue weighted by Gasteiger charge is 2.50. The van der Waals surface area contributed by atoms with Gasteiger partial charge < -0.3 is 10.0 Å². The number of hydrogen-bond donors (Lipinski definition) is 1. The molecule has 1 aliphatic heterocycles. The van der Waals surface area contributed by atoms with E-state index in [1.54, 1.807) is 11.0 Å². The molecule has 0 radical (unpaired) electrons. The van der Waals surface area contributed by atoms with Crippen molar-refractivity contribution in [1.29, 1.82) is 0 Å². The number of carboxylic acids is 1. The van der Waals surface area contributed by atoms with Gasteiger partial charge in [-0.1, -0.05) is 11.6 Å². The highest BCUT2D eigenvalue weighted by molar-refractivity contribution is 6.30. The first kappa shape index (κ1) is 13.4. The lowest BCUT2D eigenvalue weighted by molar-refractivity contribution is -0.142. The van der Waals surface area contributed by atoms with Crippen LogP contribution in [0.5, 0.6) is 0 Å². The fourth-order valence-corrected chi connectivity index (χ4v) is 3.13. The second-order valence-corrected chi connectivity index (χ2v) is 5.77. The van der Waals surface area contributed by atoms with Gasteiger partial charge in [-0.05, 0) is 36.6 Å². The van der Waals surface area contributed by atoms with E-state index in [2.05, 4.69) is 0 Å². The molecule has 20 heavy (non-hydrogen) atoms. The molecule has 0 aromatic heterocycles. The zero-order chi connectivity index (χ0) is 14.4. The summed E-state index contributed by atoms with van der Waals surface area (Å²) in [5.41, 5.74) is 0.458. The number of hydrogen-bond acceptors (Lipinski definition) is 2. The van der Waals surface area contributed by atoms with Crippen LogP contribution >= 0.6 is 11.6 Å². The molecule has 2 aliphatic rings. The average molecular weight is 298 g/mol. The topological polar surface area (TPSA) is 57.6 Å². The van der Waals surface area contributed by atoms with Gasteiger partial charge in [0.2, 0.25) is 5.91 Å². The molecule has 0 bridgehead atoms. The Morgan fingerprint density at radius 1 is 1.35 bits per heavy atom. The first-order valence-corrected chi connectivity index (χ1v) is 6.85. The second kappa shape index (κ2) is 4.74. The molecule has 1 saturated carbocycles. The Morgan fingerprint density at radius 3 is 2.60 bits per heavy atom. The number of aliphatic carboxylic acids is 1. The van der Waals surface area contributed by atoms with Crippen molar-refractivity contribution in [2.75, 3.05) is 0 Å². The van der Waals surface area contributed by atoms with Crippen LogP contribution in [-0.2, 0) is 9.59 Å². The number of rotatable bonds is 3. The Kier molecular flexibility index (Phi) is 3.17. The second-order valence-electron chi connectivity index (χ2n) is 5.33. The Bertz CT molecular complexity index is 568. The molecule has 2 fully saturated rings. The van der Waals surface area contributed by atoms with Gasteiger partial charge in [-0.3, -0.25) is 9.59 Å². The fourth-order valence-electron chi connectivity index (χ4n) is 2.90. The maximum absolute atomic E-state index is 13.5. The maximum Gasteiger partial charge on any atom is 0.309 e. The van der Waals surface area contributed by atoms with E-state index in [1.807, 2.05) is 0 Å². The van der Waals surface area contributed by atoms with Gasteiger partial charge in [0.05, 0.1) is 12.0 Å². The molecule has 1 amide bonds. The van der Waals surface area contributed by atoms with E-state index in [1.165, 1.54) is 12.1 Å². The normalized spacial score (nSPS) is 26.1. The summed E-state index contributed by atoms with van der Waals surface area (Å²) in [4.78, 5) is 25.0. The van der Waals surface area contributed by atoms with E-state index < -0.39 is 23.7 Å². The Morgan fingerprint density at radius 2 is 2.05 bits per heavy atom. The summed E-state index contributed by atoms with van der Waals surface area (Å²) in [6.45, 7) is 0. The molecule has 2 unspecified atom stereocenters. The molecule has 1 saturated heterocycles. The van der Waals surface area contributed by atoms with Gasteiger partial charge in [-0.2, -0.15) is 0 Å². The predicted octanol–water partition coefficient (Wildman–Crippen LogP) is 2.62. The van der Waals surface area contributed by atoms with Crippen molar-refractivity contribution >= 4 is 23.5 Å². The van der Waals surface area contributed by atoms with Gasteiger partial charge in [-0.15, -0.1) is 0 Å². The van der Waals surface area contributed by atoms with E-state index in [0.29, 0.717) is 5.56 Å². The number of nitrogens with zero attached hydrogens (tertiary/aromatic N) is 1. The molecule has 1 aliphatic carbocycles. The van der Waals surface area contributed by atoms with Crippen molar-refractivity contribution in [3.05, 3.63) is 34.6 Å². The molecule has 1 heterocycles. The summed E-state index contributed by atoms with van der Waals surface area (Å²) in [5, 5.41) is 9.52. The number of halogens is 2. The molecule has 3 rings (SSSR count). The minimum absolute atomic E-state index is 0.0371. The van der Waals surface area contributed by atoms with E-state index in [9.17, 15) is 19.1 Å². The summed E-state index contributed by atoms with van der Waals surface area (Å²) in [6.07, 6.45) is 1.71. The van der Waals surface area contributed by atoms with Crippen LogP contribution in [0.15, 0.2) is 18.2 Å². The molecule has 4 nitrogen and oxygen atoms in total.